The van der Waals surface area contributed by atoms with E-state index in [1.807, 2.05) is 13.0 Å². The molecule has 0 heterocycles. The molecule has 0 spiro atoms. The fourth-order valence-electron chi connectivity index (χ4n) is 0.164. The van der Waals surface area contributed by atoms with Crippen LogP contribution in [0.2, 0.25) is 0 Å². The lowest BCUT2D eigenvalue weighted by atomic mass is 10.8. The zero-order valence-electron chi connectivity index (χ0n) is 4.47. The van der Waals surface area contributed by atoms with Gasteiger partial charge < -0.3 is 0 Å². The molecule has 0 aromatic heterocycles. The number of rotatable bonds is 1. The molecule has 0 amide bonds. The first kappa shape index (κ1) is 6.76. The molecular weight excluding hydrogens is 108 g/mol. The molecule has 1 nitrogen and oxygen atoms in total. The van der Waals surface area contributed by atoms with Gasteiger partial charge in [-0.25, -0.2) is 0 Å². The summed E-state index contributed by atoms with van der Waals surface area (Å²) in [5.41, 5.74) is 0. The first-order valence-electron chi connectivity index (χ1n) is 2.05. The molecule has 0 radical (unpaired) electrons. The van der Waals surface area contributed by atoms with Crippen molar-refractivity contribution in [3.8, 4) is 0 Å². The van der Waals surface area contributed by atoms with E-state index in [-0.39, 0.29) is 5.12 Å². The summed E-state index contributed by atoms with van der Waals surface area (Å²) >= 11 is 1.21. The maximum Gasteiger partial charge on any atom is 0.190 e. The topological polar surface area (TPSA) is 17.1 Å². The second-order valence-electron chi connectivity index (χ2n) is 1.08. The van der Waals surface area contributed by atoms with Gasteiger partial charge in [0.25, 0.3) is 0 Å². The van der Waals surface area contributed by atoms with Gasteiger partial charge in [0.15, 0.2) is 5.12 Å². The van der Waals surface area contributed by atoms with Crippen molar-refractivity contribution in [2.45, 2.75) is 13.8 Å². The summed E-state index contributed by atoms with van der Waals surface area (Å²) in [6.07, 6.45) is 1.84. The SMILES string of the molecule is C/C=C\SC(C)=O. The Balaban J connectivity index is 3.14. The summed E-state index contributed by atoms with van der Waals surface area (Å²) in [5.74, 6) is 0. The van der Waals surface area contributed by atoms with Gasteiger partial charge in [0, 0.05) is 6.92 Å². The van der Waals surface area contributed by atoms with E-state index >= 15 is 0 Å². The van der Waals surface area contributed by atoms with Gasteiger partial charge in [-0.2, -0.15) is 0 Å². The van der Waals surface area contributed by atoms with Crippen molar-refractivity contribution >= 4 is 16.9 Å². The van der Waals surface area contributed by atoms with Crippen LogP contribution < -0.4 is 0 Å². The zero-order valence-corrected chi connectivity index (χ0v) is 5.29. The Morgan fingerprint density at radius 1 is 1.71 bits per heavy atom. The monoisotopic (exact) mass is 116 g/mol. The van der Waals surface area contributed by atoms with E-state index in [0.29, 0.717) is 0 Å². The van der Waals surface area contributed by atoms with Gasteiger partial charge in [-0.15, -0.1) is 0 Å². The van der Waals surface area contributed by atoms with Gasteiger partial charge in [0.05, 0.1) is 0 Å². The second-order valence-corrected chi connectivity index (χ2v) is 2.16. The highest BCUT2D eigenvalue weighted by Gasteiger charge is 1.82. The van der Waals surface area contributed by atoms with Gasteiger partial charge in [-0.1, -0.05) is 17.8 Å². The van der Waals surface area contributed by atoms with Crippen LogP contribution in [0.1, 0.15) is 13.8 Å². The van der Waals surface area contributed by atoms with Crippen LogP contribution in [0.3, 0.4) is 0 Å². The summed E-state index contributed by atoms with van der Waals surface area (Å²) < 4.78 is 0. The Morgan fingerprint density at radius 3 is 2.43 bits per heavy atom. The third-order valence-corrected chi connectivity index (χ3v) is 1.11. The third kappa shape index (κ3) is 5.76. The molecule has 0 aliphatic rings. The Hall–Kier alpha value is -0.240. The lowest BCUT2D eigenvalue weighted by molar-refractivity contribution is -0.109. The number of carbonyl (C=O) groups excluding carboxylic acids is 1. The highest BCUT2D eigenvalue weighted by Crippen LogP contribution is 2.00. The summed E-state index contributed by atoms with van der Waals surface area (Å²) in [6, 6.07) is 0. The van der Waals surface area contributed by atoms with E-state index in [9.17, 15) is 4.79 Å². The minimum Gasteiger partial charge on any atom is -0.287 e. The van der Waals surface area contributed by atoms with Crippen LogP contribution in [0.5, 0.6) is 0 Å². The van der Waals surface area contributed by atoms with Crippen LogP contribution in [0.4, 0.5) is 0 Å². The average molecular weight is 116 g/mol. The molecule has 0 saturated heterocycles. The van der Waals surface area contributed by atoms with Gasteiger partial charge in [0.1, 0.15) is 0 Å². The molecule has 40 valence electrons. The van der Waals surface area contributed by atoms with Gasteiger partial charge in [-0.3, -0.25) is 4.79 Å². The Morgan fingerprint density at radius 2 is 2.29 bits per heavy atom. The maximum absolute atomic E-state index is 10.1. The van der Waals surface area contributed by atoms with Crippen LogP contribution >= 0.6 is 11.8 Å². The molecule has 0 aliphatic carbocycles. The molecule has 2 heteroatoms. The molecule has 0 N–H and O–H groups in total. The molecule has 0 bridgehead atoms. The summed E-state index contributed by atoms with van der Waals surface area (Å²) in [6.45, 7) is 3.43. The molecule has 0 aromatic carbocycles. The number of thioether (sulfide) groups is 1. The van der Waals surface area contributed by atoms with Gasteiger partial charge in [0.2, 0.25) is 0 Å². The molecule has 0 fully saturated rings. The van der Waals surface area contributed by atoms with Crippen molar-refractivity contribution in [2.75, 3.05) is 0 Å². The second kappa shape index (κ2) is 3.93. The average Bonchev–Trinajstić information content (AvgIpc) is 1.61. The smallest absolute Gasteiger partial charge is 0.190 e. The van der Waals surface area contributed by atoms with E-state index in [0.717, 1.165) is 0 Å². The van der Waals surface area contributed by atoms with Crippen molar-refractivity contribution in [3.05, 3.63) is 11.5 Å². The van der Waals surface area contributed by atoms with Crippen LogP contribution in [0, 0.1) is 0 Å². The molecule has 0 aliphatic heterocycles. The standard InChI is InChI=1S/C5H8OS/c1-3-4-7-5(2)6/h3-4H,1-2H3/b4-3-. The molecule has 0 unspecified atom stereocenters. The number of carbonyl (C=O) groups is 1. The predicted molar refractivity (Wildman–Crippen MR) is 33.1 cm³/mol. The fourth-order valence-corrected chi connectivity index (χ4v) is 0.492. The predicted octanol–water partition coefficient (Wildman–Crippen LogP) is 1.80. The van der Waals surface area contributed by atoms with Gasteiger partial charge >= 0.3 is 0 Å². The Bertz CT molecular complexity index is 86.1. The fraction of sp³-hybridized carbons (Fsp3) is 0.400. The Kier molecular flexibility index (Phi) is 3.80. The Labute approximate surface area is 47.8 Å². The molecular formula is C5H8OS. The quantitative estimate of drug-likeness (QED) is 0.519. The minimum absolute atomic E-state index is 0.137. The first-order chi connectivity index (χ1) is 3.27. The lowest BCUT2D eigenvalue weighted by Gasteiger charge is -1.77. The molecule has 7 heavy (non-hydrogen) atoms. The number of allylic oxidation sites excluding steroid dienone is 1. The molecule has 0 atom stereocenters. The third-order valence-electron chi connectivity index (χ3n) is 0.370. The normalized spacial score (nSPS) is 10.0. The largest absolute Gasteiger partial charge is 0.287 e. The van der Waals surface area contributed by atoms with Gasteiger partial charge in [-0.05, 0) is 12.3 Å². The minimum atomic E-state index is 0.137. The molecule has 0 rings (SSSR count). The van der Waals surface area contributed by atoms with E-state index in [1.165, 1.54) is 11.8 Å². The maximum atomic E-state index is 10.1. The number of hydrogen-bond acceptors (Lipinski definition) is 2. The van der Waals surface area contributed by atoms with E-state index in [2.05, 4.69) is 0 Å². The zero-order chi connectivity index (χ0) is 5.70. The summed E-state index contributed by atoms with van der Waals surface area (Å²) in [5, 5.41) is 1.90. The summed E-state index contributed by atoms with van der Waals surface area (Å²) in [4.78, 5) is 10.1. The van der Waals surface area contributed by atoms with Crippen LogP contribution in [-0.4, -0.2) is 5.12 Å². The first-order valence-corrected chi connectivity index (χ1v) is 2.93. The molecule has 0 aromatic rings. The van der Waals surface area contributed by atoms with Crippen molar-refractivity contribution < 1.29 is 4.79 Å². The highest BCUT2D eigenvalue weighted by atomic mass is 32.2. The van der Waals surface area contributed by atoms with E-state index in [1.54, 1.807) is 12.3 Å². The van der Waals surface area contributed by atoms with Crippen LogP contribution in [-0.2, 0) is 4.79 Å². The lowest BCUT2D eigenvalue weighted by Crippen LogP contribution is -1.72. The van der Waals surface area contributed by atoms with Crippen LogP contribution in [0.15, 0.2) is 11.5 Å². The van der Waals surface area contributed by atoms with E-state index in [4.69, 9.17) is 0 Å². The van der Waals surface area contributed by atoms with E-state index < -0.39 is 0 Å². The summed E-state index contributed by atoms with van der Waals surface area (Å²) in [7, 11) is 0. The molecule has 0 saturated carbocycles. The van der Waals surface area contributed by atoms with Crippen molar-refractivity contribution in [3.63, 3.8) is 0 Å². The van der Waals surface area contributed by atoms with Crippen molar-refractivity contribution in [1.29, 1.82) is 0 Å². The number of hydrogen-bond donors (Lipinski definition) is 0. The van der Waals surface area contributed by atoms with Crippen molar-refractivity contribution in [2.24, 2.45) is 0 Å². The van der Waals surface area contributed by atoms with Crippen molar-refractivity contribution in [1.82, 2.24) is 0 Å². The van der Waals surface area contributed by atoms with Crippen LogP contribution in [0.25, 0.3) is 0 Å². The highest BCUT2D eigenvalue weighted by molar-refractivity contribution is 8.16.